The third-order valence-electron chi connectivity index (χ3n) is 2.85. The van der Waals surface area contributed by atoms with E-state index in [0.29, 0.717) is 11.4 Å². The normalized spacial score (nSPS) is 11.4. The molecule has 0 radical (unpaired) electrons. The van der Waals surface area contributed by atoms with Gasteiger partial charge >= 0.3 is 0 Å². The van der Waals surface area contributed by atoms with Gasteiger partial charge in [0.1, 0.15) is 10.7 Å². The van der Waals surface area contributed by atoms with Crippen LogP contribution in [0.5, 0.6) is 0 Å². The number of halogens is 1. The van der Waals surface area contributed by atoms with Crippen LogP contribution in [0.1, 0.15) is 17.0 Å². The second kappa shape index (κ2) is 5.24. The molecule has 21 heavy (non-hydrogen) atoms. The fraction of sp³-hybridized carbons (Fsp3) is 0.250. The van der Waals surface area contributed by atoms with Gasteiger partial charge in [-0.1, -0.05) is 0 Å². The van der Waals surface area contributed by atoms with E-state index in [4.69, 9.17) is 5.73 Å². The third kappa shape index (κ3) is 3.07. The summed E-state index contributed by atoms with van der Waals surface area (Å²) in [5.41, 5.74) is 6.93. The predicted octanol–water partition coefficient (Wildman–Crippen LogP) is 1.32. The first kappa shape index (κ1) is 15.1. The Kier molecular flexibility index (Phi) is 3.77. The van der Waals surface area contributed by atoms with Gasteiger partial charge < -0.3 is 5.73 Å². The van der Waals surface area contributed by atoms with Gasteiger partial charge in [-0.05, 0) is 38.5 Å². The van der Waals surface area contributed by atoms with Gasteiger partial charge in [0.05, 0.1) is 11.4 Å². The Balaban J connectivity index is 2.45. The highest BCUT2D eigenvalue weighted by atomic mass is 32.2. The van der Waals surface area contributed by atoms with Crippen molar-refractivity contribution in [1.29, 1.82) is 0 Å². The second-order valence-corrected chi connectivity index (χ2v) is 6.21. The SMILES string of the molecule is Cc1cc(N)cc(S(=O)(=O)Nc2nnc(C)c(C)n2)c1F. The summed E-state index contributed by atoms with van der Waals surface area (Å²) in [5, 5.41) is 7.38. The molecular formula is C12H14FN5O2S. The third-order valence-corrected chi connectivity index (χ3v) is 4.18. The van der Waals surface area contributed by atoms with Crippen LogP contribution in [0.3, 0.4) is 0 Å². The van der Waals surface area contributed by atoms with Crippen molar-refractivity contribution >= 4 is 21.7 Å². The molecule has 0 aliphatic carbocycles. The molecule has 112 valence electrons. The molecular weight excluding hydrogens is 297 g/mol. The average molecular weight is 311 g/mol. The smallest absolute Gasteiger partial charge is 0.267 e. The molecule has 0 saturated heterocycles. The van der Waals surface area contributed by atoms with Gasteiger partial charge in [0.15, 0.2) is 0 Å². The molecule has 0 amide bonds. The van der Waals surface area contributed by atoms with E-state index in [0.717, 1.165) is 6.07 Å². The molecule has 9 heteroatoms. The minimum atomic E-state index is -4.19. The Morgan fingerprint density at radius 2 is 1.81 bits per heavy atom. The molecule has 0 fully saturated rings. The van der Waals surface area contributed by atoms with Crippen molar-refractivity contribution in [2.45, 2.75) is 25.7 Å². The van der Waals surface area contributed by atoms with Crippen LogP contribution in [0.15, 0.2) is 17.0 Å². The summed E-state index contributed by atoms with van der Waals surface area (Å²) in [5.74, 6) is -1.09. The Morgan fingerprint density at radius 3 is 2.43 bits per heavy atom. The van der Waals surface area contributed by atoms with Gasteiger partial charge in [0.2, 0.25) is 0 Å². The number of nitrogens with two attached hydrogens (primary N) is 1. The zero-order valence-electron chi connectivity index (χ0n) is 11.7. The van der Waals surface area contributed by atoms with Crippen molar-refractivity contribution in [2.75, 3.05) is 10.5 Å². The maximum atomic E-state index is 14.0. The number of nitrogens with one attached hydrogen (secondary N) is 1. The molecule has 0 saturated carbocycles. The van der Waals surface area contributed by atoms with Crippen LogP contribution in [0.2, 0.25) is 0 Å². The maximum Gasteiger partial charge on any atom is 0.267 e. The number of nitrogens with zero attached hydrogens (tertiary/aromatic N) is 3. The van der Waals surface area contributed by atoms with Gasteiger partial charge in [-0.25, -0.2) is 22.5 Å². The molecule has 3 N–H and O–H groups in total. The lowest BCUT2D eigenvalue weighted by Gasteiger charge is -2.10. The quantitative estimate of drug-likeness (QED) is 0.827. The van der Waals surface area contributed by atoms with E-state index in [1.54, 1.807) is 13.8 Å². The lowest BCUT2D eigenvalue weighted by molar-refractivity contribution is 0.565. The topological polar surface area (TPSA) is 111 Å². The summed E-state index contributed by atoms with van der Waals surface area (Å²) in [6.07, 6.45) is 0. The fourth-order valence-corrected chi connectivity index (χ4v) is 2.76. The largest absolute Gasteiger partial charge is 0.399 e. The number of aromatic nitrogens is 3. The van der Waals surface area contributed by atoms with E-state index in [2.05, 4.69) is 19.9 Å². The summed E-state index contributed by atoms with van der Waals surface area (Å²) in [7, 11) is -4.19. The van der Waals surface area contributed by atoms with E-state index in [-0.39, 0.29) is 17.2 Å². The highest BCUT2D eigenvalue weighted by molar-refractivity contribution is 7.92. The number of sulfonamides is 1. The summed E-state index contributed by atoms with van der Waals surface area (Å²) >= 11 is 0. The zero-order chi connectivity index (χ0) is 15.8. The van der Waals surface area contributed by atoms with Crippen molar-refractivity contribution in [1.82, 2.24) is 15.2 Å². The first-order valence-corrected chi connectivity index (χ1v) is 7.45. The number of rotatable bonds is 3. The lowest BCUT2D eigenvalue weighted by Crippen LogP contribution is -2.18. The highest BCUT2D eigenvalue weighted by Crippen LogP contribution is 2.23. The number of aryl methyl sites for hydroxylation is 3. The molecule has 0 aliphatic heterocycles. The van der Waals surface area contributed by atoms with Crippen molar-refractivity contribution in [3.8, 4) is 0 Å². The molecule has 1 aromatic heterocycles. The summed E-state index contributed by atoms with van der Waals surface area (Å²) < 4.78 is 40.5. The van der Waals surface area contributed by atoms with E-state index in [9.17, 15) is 12.8 Å². The second-order valence-electron chi connectivity index (χ2n) is 4.56. The van der Waals surface area contributed by atoms with Gasteiger partial charge in [0.25, 0.3) is 16.0 Å². The first-order valence-electron chi connectivity index (χ1n) is 5.97. The first-order chi connectivity index (χ1) is 9.70. The Bertz CT molecular complexity index is 808. The number of benzene rings is 1. The summed E-state index contributed by atoms with van der Waals surface area (Å²) in [6.45, 7) is 4.78. The molecule has 0 bridgehead atoms. The molecule has 2 rings (SSSR count). The van der Waals surface area contributed by atoms with Crippen LogP contribution >= 0.6 is 0 Å². The van der Waals surface area contributed by atoms with Gasteiger partial charge in [-0.3, -0.25) is 0 Å². The van der Waals surface area contributed by atoms with Crippen LogP contribution < -0.4 is 10.5 Å². The van der Waals surface area contributed by atoms with Crippen molar-refractivity contribution in [2.24, 2.45) is 0 Å². The zero-order valence-corrected chi connectivity index (χ0v) is 12.5. The monoisotopic (exact) mass is 311 g/mol. The van der Waals surface area contributed by atoms with Gasteiger partial charge in [0, 0.05) is 5.69 Å². The lowest BCUT2D eigenvalue weighted by atomic mass is 10.2. The van der Waals surface area contributed by atoms with Gasteiger partial charge in [-0.2, -0.15) is 5.10 Å². The predicted molar refractivity (Wildman–Crippen MR) is 75.7 cm³/mol. The van der Waals surface area contributed by atoms with Crippen molar-refractivity contribution < 1.29 is 12.8 Å². The van der Waals surface area contributed by atoms with E-state index in [1.165, 1.54) is 13.0 Å². The maximum absolute atomic E-state index is 14.0. The van der Waals surface area contributed by atoms with Crippen LogP contribution in [-0.4, -0.2) is 23.6 Å². The molecule has 1 aromatic carbocycles. The van der Waals surface area contributed by atoms with E-state index in [1.807, 2.05) is 0 Å². The Morgan fingerprint density at radius 1 is 1.14 bits per heavy atom. The Hall–Kier alpha value is -2.29. The molecule has 0 atom stereocenters. The van der Waals surface area contributed by atoms with Crippen LogP contribution in [0.25, 0.3) is 0 Å². The fourth-order valence-electron chi connectivity index (χ4n) is 1.63. The van der Waals surface area contributed by atoms with Crippen LogP contribution in [-0.2, 0) is 10.0 Å². The average Bonchev–Trinajstić information content (AvgIpc) is 2.37. The number of anilines is 2. The molecule has 7 nitrogen and oxygen atoms in total. The summed E-state index contributed by atoms with van der Waals surface area (Å²) in [6, 6.07) is 2.39. The van der Waals surface area contributed by atoms with Crippen LogP contribution in [0.4, 0.5) is 16.0 Å². The minimum Gasteiger partial charge on any atom is -0.399 e. The van der Waals surface area contributed by atoms with E-state index >= 15 is 0 Å². The van der Waals surface area contributed by atoms with Crippen LogP contribution in [0, 0.1) is 26.6 Å². The molecule has 0 unspecified atom stereocenters. The highest BCUT2D eigenvalue weighted by Gasteiger charge is 2.22. The van der Waals surface area contributed by atoms with Crippen molar-refractivity contribution in [3.05, 3.63) is 34.9 Å². The number of hydrogen-bond acceptors (Lipinski definition) is 6. The molecule has 1 heterocycles. The minimum absolute atomic E-state index is 0.134. The number of hydrogen-bond donors (Lipinski definition) is 2. The standard InChI is InChI=1S/C12H14FN5O2S/c1-6-4-9(14)5-10(11(6)13)21(19,20)18-12-15-7(2)8(3)16-17-12/h4-5H,14H2,1-3H3,(H,15,17,18). The summed E-state index contributed by atoms with van der Waals surface area (Å²) in [4.78, 5) is 3.39. The molecule has 2 aromatic rings. The Labute approximate surface area is 121 Å². The van der Waals surface area contributed by atoms with Gasteiger partial charge in [-0.15, -0.1) is 5.10 Å². The van der Waals surface area contributed by atoms with Crippen molar-refractivity contribution in [3.63, 3.8) is 0 Å². The number of nitrogen functional groups attached to an aromatic ring is 1. The molecule has 0 aliphatic rings. The molecule has 0 spiro atoms. The van der Waals surface area contributed by atoms with E-state index < -0.39 is 20.7 Å².